The van der Waals surface area contributed by atoms with E-state index in [9.17, 15) is 0 Å². The van der Waals surface area contributed by atoms with Gasteiger partial charge in [-0.25, -0.2) is 4.98 Å². The van der Waals surface area contributed by atoms with Gasteiger partial charge in [0.2, 0.25) is 5.89 Å². The second kappa shape index (κ2) is 6.17. The molecule has 20 heavy (non-hydrogen) atoms. The lowest BCUT2D eigenvalue weighted by atomic mass is 10.1. The van der Waals surface area contributed by atoms with Gasteiger partial charge < -0.3 is 14.4 Å². The monoisotopic (exact) mass is 275 g/mol. The molecule has 6 nitrogen and oxygen atoms in total. The summed E-state index contributed by atoms with van der Waals surface area (Å²) in [7, 11) is 0. The summed E-state index contributed by atoms with van der Waals surface area (Å²) in [6, 6.07) is 0.331. The van der Waals surface area contributed by atoms with Crippen molar-refractivity contribution in [2.24, 2.45) is 0 Å². The molecule has 2 aromatic heterocycles. The van der Waals surface area contributed by atoms with Crippen molar-refractivity contribution in [2.45, 2.75) is 57.7 Å². The van der Waals surface area contributed by atoms with Gasteiger partial charge in [0, 0.05) is 30.9 Å². The third-order valence-electron chi connectivity index (χ3n) is 3.84. The topological polar surface area (TPSA) is 68.8 Å². The van der Waals surface area contributed by atoms with Crippen LogP contribution in [-0.2, 0) is 13.1 Å². The van der Waals surface area contributed by atoms with Gasteiger partial charge in [-0.1, -0.05) is 18.0 Å². The van der Waals surface area contributed by atoms with Crippen molar-refractivity contribution in [3.05, 3.63) is 30.4 Å². The molecular formula is C14H21N5O. The molecule has 0 bridgehead atoms. The molecule has 2 heterocycles. The Hall–Kier alpha value is -1.69. The molecule has 3 rings (SSSR count). The fraction of sp³-hybridized carbons (Fsp3) is 0.643. The van der Waals surface area contributed by atoms with Crippen LogP contribution in [0.2, 0.25) is 0 Å². The van der Waals surface area contributed by atoms with Crippen LogP contribution in [-0.4, -0.2) is 25.7 Å². The summed E-state index contributed by atoms with van der Waals surface area (Å²) in [6.45, 7) is 3.66. The highest BCUT2D eigenvalue weighted by molar-refractivity contribution is 4.96. The van der Waals surface area contributed by atoms with E-state index in [4.69, 9.17) is 4.52 Å². The summed E-state index contributed by atoms with van der Waals surface area (Å²) >= 11 is 0. The lowest BCUT2D eigenvalue weighted by Gasteiger charge is -2.12. The molecule has 0 saturated heterocycles. The molecule has 0 aliphatic heterocycles. The van der Waals surface area contributed by atoms with E-state index in [-0.39, 0.29) is 0 Å². The normalized spacial score (nSPS) is 17.6. The van der Waals surface area contributed by atoms with Crippen LogP contribution in [0.1, 0.15) is 50.2 Å². The van der Waals surface area contributed by atoms with Gasteiger partial charge >= 0.3 is 0 Å². The second-order valence-electron chi connectivity index (χ2n) is 5.57. The molecule has 0 aromatic carbocycles. The average molecular weight is 275 g/mol. The van der Waals surface area contributed by atoms with E-state index in [1.54, 1.807) is 6.20 Å². The Bertz CT molecular complexity index is 515. The maximum absolute atomic E-state index is 5.37. The van der Waals surface area contributed by atoms with E-state index < -0.39 is 0 Å². The Labute approximate surface area is 118 Å². The molecule has 0 amide bonds. The zero-order valence-electron chi connectivity index (χ0n) is 11.8. The van der Waals surface area contributed by atoms with Crippen LogP contribution in [0.4, 0.5) is 0 Å². The molecule has 0 spiro atoms. The first-order valence-corrected chi connectivity index (χ1v) is 7.33. The standard InChI is InChI=1S/C14H21N5O/c1-11(9-19-7-6-15-10-19)16-8-13-17-14(20-18-13)12-4-2-3-5-12/h6-7,10-12,16H,2-5,8-9H2,1H3/t11-/m1/s1. The summed E-state index contributed by atoms with van der Waals surface area (Å²) in [5.74, 6) is 2.06. The summed E-state index contributed by atoms with van der Waals surface area (Å²) in [5, 5.41) is 7.47. The lowest BCUT2D eigenvalue weighted by Crippen LogP contribution is -2.30. The second-order valence-corrected chi connectivity index (χ2v) is 5.57. The van der Waals surface area contributed by atoms with Crippen LogP contribution in [0.15, 0.2) is 23.2 Å². The molecule has 108 valence electrons. The highest BCUT2D eigenvalue weighted by Crippen LogP contribution is 2.32. The first kappa shape index (κ1) is 13.3. The molecule has 6 heteroatoms. The van der Waals surface area contributed by atoms with Crippen molar-refractivity contribution in [2.75, 3.05) is 0 Å². The molecule has 0 radical (unpaired) electrons. The summed E-state index contributed by atoms with van der Waals surface area (Å²) in [5.41, 5.74) is 0. The van der Waals surface area contributed by atoms with Crippen molar-refractivity contribution in [1.82, 2.24) is 25.0 Å². The number of imidazole rings is 1. The highest BCUT2D eigenvalue weighted by atomic mass is 16.5. The van der Waals surface area contributed by atoms with Gasteiger partial charge in [0.15, 0.2) is 5.82 Å². The SMILES string of the molecule is C[C@H](Cn1ccnc1)NCc1noc(C2CCCC2)n1. The first-order valence-electron chi connectivity index (χ1n) is 7.33. The zero-order chi connectivity index (χ0) is 13.8. The van der Waals surface area contributed by atoms with Gasteiger partial charge in [-0.15, -0.1) is 0 Å². The lowest BCUT2D eigenvalue weighted by molar-refractivity contribution is 0.348. The minimum atomic E-state index is 0.331. The summed E-state index contributed by atoms with van der Waals surface area (Å²) in [4.78, 5) is 8.54. The Balaban J connectivity index is 1.48. The highest BCUT2D eigenvalue weighted by Gasteiger charge is 2.22. The van der Waals surface area contributed by atoms with Crippen molar-refractivity contribution >= 4 is 0 Å². The van der Waals surface area contributed by atoms with Crippen LogP contribution < -0.4 is 5.32 Å². The fourth-order valence-electron chi connectivity index (χ4n) is 2.72. The summed E-state index contributed by atoms with van der Waals surface area (Å²) in [6.07, 6.45) is 10.5. The third-order valence-corrected chi connectivity index (χ3v) is 3.84. The molecule has 0 unspecified atom stereocenters. The Morgan fingerprint density at radius 2 is 2.30 bits per heavy atom. The minimum Gasteiger partial charge on any atom is -0.339 e. The maximum atomic E-state index is 5.37. The van der Waals surface area contributed by atoms with Crippen molar-refractivity contribution in [1.29, 1.82) is 0 Å². The molecule has 1 N–H and O–H groups in total. The Morgan fingerprint density at radius 1 is 1.45 bits per heavy atom. The molecule has 1 fully saturated rings. The van der Waals surface area contributed by atoms with E-state index in [0.717, 1.165) is 18.3 Å². The number of aromatic nitrogens is 4. The molecule has 1 aliphatic rings. The first-order chi connectivity index (χ1) is 9.81. The zero-order valence-corrected chi connectivity index (χ0v) is 11.8. The largest absolute Gasteiger partial charge is 0.339 e. The molecular weight excluding hydrogens is 254 g/mol. The van der Waals surface area contributed by atoms with Gasteiger partial charge in [-0.05, 0) is 19.8 Å². The molecule has 1 saturated carbocycles. The average Bonchev–Trinajstić information content (AvgIpc) is 3.18. The Morgan fingerprint density at radius 3 is 3.05 bits per heavy atom. The minimum absolute atomic E-state index is 0.331. The van der Waals surface area contributed by atoms with Crippen LogP contribution in [0.3, 0.4) is 0 Å². The van der Waals surface area contributed by atoms with E-state index >= 15 is 0 Å². The molecule has 2 aromatic rings. The van der Waals surface area contributed by atoms with E-state index in [2.05, 4.69) is 31.9 Å². The quantitative estimate of drug-likeness (QED) is 0.874. The van der Waals surface area contributed by atoms with Crippen molar-refractivity contribution in [3.63, 3.8) is 0 Å². The van der Waals surface area contributed by atoms with Gasteiger partial charge in [0.1, 0.15) is 0 Å². The Kier molecular flexibility index (Phi) is 4.11. The smallest absolute Gasteiger partial charge is 0.229 e. The van der Waals surface area contributed by atoms with Gasteiger partial charge in [-0.3, -0.25) is 0 Å². The van der Waals surface area contributed by atoms with Crippen LogP contribution >= 0.6 is 0 Å². The van der Waals surface area contributed by atoms with Gasteiger partial charge in [0.05, 0.1) is 12.9 Å². The maximum Gasteiger partial charge on any atom is 0.229 e. The molecule has 1 aliphatic carbocycles. The van der Waals surface area contributed by atoms with Crippen molar-refractivity contribution in [3.8, 4) is 0 Å². The van der Waals surface area contributed by atoms with Crippen LogP contribution in [0.25, 0.3) is 0 Å². The predicted octanol–water partition coefficient (Wildman–Crippen LogP) is 2.10. The fourth-order valence-corrected chi connectivity index (χ4v) is 2.72. The van der Waals surface area contributed by atoms with Gasteiger partial charge in [-0.2, -0.15) is 4.98 Å². The van der Waals surface area contributed by atoms with Crippen LogP contribution in [0.5, 0.6) is 0 Å². The van der Waals surface area contributed by atoms with E-state index in [0.29, 0.717) is 18.5 Å². The number of nitrogens with one attached hydrogen (secondary N) is 1. The number of hydrogen-bond acceptors (Lipinski definition) is 5. The third kappa shape index (κ3) is 3.25. The predicted molar refractivity (Wildman–Crippen MR) is 74.0 cm³/mol. The van der Waals surface area contributed by atoms with Gasteiger partial charge in [0.25, 0.3) is 0 Å². The molecule has 1 atom stereocenters. The number of hydrogen-bond donors (Lipinski definition) is 1. The van der Waals surface area contributed by atoms with Crippen molar-refractivity contribution < 1.29 is 4.52 Å². The van der Waals surface area contributed by atoms with E-state index in [1.807, 2.05) is 12.5 Å². The number of rotatable bonds is 6. The summed E-state index contributed by atoms with van der Waals surface area (Å²) < 4.78 is 7.42. The van der Waals surface area contributed by atoms with Crippen LogP contribution in [0, 0.1) is 0 Å². The number of nitrogens with zero attached hydrogens (tertiary/aromatic N) is 4. The van der Waals surface area contributed by atoms with E-state index in [1.165, 1.54) is 25.7 Å².